The summed E-state index contributed by atoms with van der Waals surface area (Å²) in [5.41, 5.74) is 5.23. The Balaban J connectivity index is 1.66. The normalized spacial score (nSPS) is 11.3. The molecule has 0 saturated heterocycles. The van der Waals surface area contributed by atoms with Crippen LogP contribution in [0.5, 0.6) is 0 Å². The summed E-state index contributed by atoms with van der Waals surface area (Å²) in [6, 6.07) is 16.2. The molecule has 142 valence electrons. The van der Waals surface area contributed by atoms with Gasteiger partial charge in [-0.25, -0.2) is 0 Å². The summed E-state index contributed by atoms with van der Waals surface area (Å²) >= 11 is 6.24. The van der Waals surface area contributed by atoms with Crippen LogP contribution >= 0.6 is 11.6 Å². The molecule has 3 aromatic heterocycles. The molecule has 3 heterocycles. The van der Waals surface area contributed by atoms with Gasteiger partial charge in [0.15, 0.2) is 0 Å². The maximum atomic E-state index is 6.24. The zero-order valence-corrected chi connectivity index (χ0v) is 16.7. The molecule has 29 heavy (non-hydrogen) atoms. The van der Waals surface area contributed by atoms with Gasteiger partial charge in [0.1, 0.15) is 12.1 Å². The van der Waals surface area contributed by atoms with Crippen molar-refractivity contribution >= 4 is 39.8 Å². The lowest BCUT2D eigenvalue weighted by atomic mass is 10.1. The van der Waals surface area contributed by atoms with Gasteiger partial charge >= 0.3 is 0 Å². The third kappa shape index (κ3) is 3.07. The van der Waals surface area contributed by atoms with E-state index in [0.29, 0.717) is 10.8 Å². The highest BCUT2D eigenvalue weighted by Gasteiger charge is 2.15. The highest BCUT2D eigenvalue weighted by atomic mass is 35.5. The summed E-state index contributed by atoms with van der Waals surface area (Å²) in [5.74, 6) is 1.32. The summed E-state index contributed by atoms with van der Waals surface area (Å²) < 4.78 is 1.84. The molecule has 0 aliphatic rings. The summed E-state index contributed by atoms with van der Waals surface area (Å²) in [7, 11) is 2.00. The van der Waals surface area contributed by atoms with E-state index in [-0.39, 0.29) is 0 Å². The van der Waals surface area contributed by atoms with Gasteiger partial charge in [0.25, 0.3) is 5.78 Å². The number of fused-ring (bicyclic) bond motifs is 3. The van der Waals surface area contributed by atoms with E-state index in [2.05, 4.69) is 44.3 Å². The largest absolute Gasteiger partial charge is 0.329 e. The van der Waals surface area contributed by atoms with E-state index >= 15 is 0 Å². The molecule has 5 aromatic rings. The summed E-state index contributed by atoms with van der Waals surface area (Å²) in [6.45, 7) is 2.04. The first-order chi connectivity index (χ1) is 14.1. The number of nitrogens with zero attached hydrogens (tertiary/aromatic N) is 6. The van der Waals surface area contributed by atoms with E-state index in [1.165, 1.54) is 0 Å². The summed E-state index contributed by atoms with van der Waals surface area (Å²) in [6.07, 6.45) is 5.38. The minimum absolute atomic E-state index is 0.528. The van der Waals surface area contributed by atoms with Crippen LogP contribution in [-0.2, 0) is 0 Å². The third-order valence-electron chi connectivity index (χ3n) is 4.96. The number of hydrogen-bond acceptors (Lipinski definition) is 5. The monoisotopic (exact) mass is 400 g/mol. The maximum Gasteiger partial charge on any atom is 0.257 e. The van der Waals surface area contributed by atoms with E-state index < -0.39 is 0 Å². The molecule has 0 bridgehead atoms. The zero-order chi connectivity index (χ0) is 20.0. The van der Waals surface area contributed by atoms with E-state index in [1.807, 2.05) is 55.0 Å². The Bertz CT molecular complexity index is 1360. The van der Waals surface area contributed by atoms with Gasteiger partial charge in [-0.3, -0.25) is 9.38 Å². The first kappa shape index (κ1) is 17.6. The molecule has 0 amide bonds. The van der Waals surface area contributed by atoms with Crippen LogP contribution in [0.15, 0.2) is 67.3 Å². The molecule has 0 N–H and O–H groups in total. The van der Waals surface area contributed by atoms with Crippen molar-refractivity contribution in [1.29, 1.82) is 0 Å². The topological polar surface area (TPSA) is 59.2 Å². The van der Waals surface area contributed by atoms with E-state index in [4.69, 9.17) is 16.6 Å². The average Bonchev–Trinajstić information content (AvgIpc) is 3.22. The highest BCUT2D eigenvalue weighted by molar-refractivity contribution is 6.31. The molecule has 2 aromatic carbocycles. The van der Waals surface area contributed by atoms with Gasteiger partial charge in [0.2, 0.25) is 0 Å². The van der Waals surface area contributed by atoms with Crippen molar-refractivity contribution < 1.29 is 0 Å². The maximum absolute atomic E-state index is 6.24. The van der Waals surface area contributed by atoms with Crippen LogP contribution in [0.25, 0.3) is 27.8 Å². The Hall–Kier alpha value is -3.51. The molecule has 0 atom stereocenters. The molecule has 0 aliphatic heterocycles. The van der Waals surface area contributed by atoms with Crippen LogP contribution in [0.1, 0.15) is 5.56 Å². The second-order valence-electron chi connectivity index (χ2n) is 6.96. The lowest BCUT2D eigenvalue weighted by Crippen LogP contribution is -2.13. The quantitative estimate of drug-likeness (QED) is 0.423. The molecule has 5 rings (SSSR count). The van der Waals surface area contributed by atoms with Crippen LogP contribution in [0.2, 0.25) is 5.02 Å². The van der Waals surface area contributed by atoms with E-state index in [0.717, 1.165) is 39.1 Å². The lowest BCUT2D eigenvalue weighted by molar-refractivity contribution is 1.08. The van der Waals surface area contributed by atoms with E-state index in [9.17, 15) is 0 Å². The number of anilines is 2. The first-order valence-electron chi connectivity index (χ1n) is 9.15. The Morgan fingerprint density at radius 2 is 1.90 bits per heavy atom. The first-order valence-corrected chi connectivity index (χ1v) is 9.53. The predicted octanol–water partition coefficient (Wildman–Crippen LogP) is 5.07. The van der Waals surface area contributed by atoms with Crippen molar-refractivity contribution in [2.45, 2.75) is 6.92 Å². The number of hydrogen-bond donors (Lipinski definition) is 0. The minimum Gasteiger partial charge on any atom is -0.329 e. The van der Waals surface area contributed by atoms with Crippen LogP contribution in [0.3, 0.4) is 0 Å². The van der Waals surface area contributed by atoms with Crippen LogP contribution in [0, 0.1) is 6.92 Å². The second kappa shape index (κ2) is 6.83. The second-order valence-corrected chi connectivity index (χ2v) is 7.39. The fraction of sp³-hybridized carbons (Fsp3) is 0.0909. The number of benzene rings is 2. The Labute approximate surface area is 172 Å². The van der Waals surface area contributed by atoms with Gasteiger partial charge in [0, 0.05) is 41.1 Å². The van der Waals surface area contributed by atoms with Gasteiger partial charge in [-0.1, -0.05) is 23.7 Å². The van der Waals surface area contributed by atoms with Crippen molar-refractivity contribution in [2.75, 3.05) is 11.9 Å². The summed E-state index contributed by atoms with van der Waals surface area (Å²) in [5, 5.41) is 9.75. The van der Waals surface area contributed by atoms with Gasteiger partial charge in [-0.15, -0.1) is 10.2 Å². The minimum atomic E-state index is 0.528. The number of rotatable bonds is 3. The van der Waals surface area contributed by atoms with Crippen LogP contribution in [0.4, 0.5) is 11.5 Å². The summed E-state index contributed by atoms with van der Waals surface area (Å²) in [4.78, 5) is 11.1. The van der Waals surface area contributed by atoms with Crippen molar-refractivity contribution in [3.63, 3.8) is 0 Å². The molecule has 0 saturated carbocycles. The number of pyridine rings is 1. The predicted molar refractivity (Wildman–Crippen MR) is 116 cm³/mol. The number of aryl methyl sites for hydroxylation is 1. The van der Waals surface area contributed by atoms with Crippen molar-refractivity contribution in [1.82, 2.24) is 24.6 Å². The molecule has 0 spiro atoms. The fourth-order valence-corrected chi connectivity index (χ4v) is 3.67. The van der Waals surface area contributed by atoms with Crippen LogP contribution < -0.4 is 4.90 Å². The molecule has 0 unspecified atom stereocenters. The third-order valence-corrected chi connectivity index (χ3v) is 5.19. The average molecular weight is 401 g/mol. The molecule has 6 nitrogen and oxygen atoms in total. The Morgan fingerprint density at radius 1 is 1.00 bits per heavy atom. The molecule has 7 heteroatoms. The van der Waals surface area contributed by atoms with E-state index in [1.54, 1.807) is 6.33 Å². The van der Waals surface area contributed by atoms with Crippen molar-refractivity contribution in [3.05, 3.63) is 77.8 Å². The van der Waals surface area contributed by atoms with Crippen LogP contribution in [-0.4, -0.2) is 31.6 Å². The van der Waals surface area contributed by atoms with Gasteiger partial charge in [0.05, 0.1) is 5.52 Å². The van der Waals surface area contributed by atoms with Gasteiger partial charge in [-0.05, 0) is 54.4 Å². The smallest absolute Gasteiger partial charge is 0.257 e. The van der Waals surface area contributed by atoms with Gasteiger partial charge < -0.3 is 4.90 Å². The van der Waals surface area contributed by atoms with Gasteiger partial charge in [-0.2, -0.15) is 4.98 Å². The molecule has 0 aliphatic carbocycles. The standard InChI is InChI=1S/C22H17ClN6/c1-14-8-16(12-24-11-14)15-4-3-5-18(9-15)28(2)21-19-7-6-17(23)10-20(19)29-13-25-27-22(29)26-21/h3-13H,1-2H3. The lowest BCUT2D eigenvalue weighted by Gasteiger charge is -2.21. The van der Waals surface area contributed by atoms with Crippen molar-refractivity contribution in [2.24, 2.45) is 0 Å². The number of aromatic nitrogens is 5. The Morgan fingerprint density at radius 3 is 2.76 bits per heavy atom. The molecular formula is C22H17ClN6. The Kier molecular flexibility index (Phi) is 4.14. The molecule has 0 fully saturated rings. The zero-order valence-electron chi connectivity index (χ0n) is 15.9. The number of halogens is 1. The highest BCUT2D eigenvalue weighted by Crippen LogP contribution is 2.33. The van der Waals surface area contributed by atoms with Crippen molar-refractivity contribution in [3.8, 4) is 11.1 Å². The SMILES string of the molecule is Cc1cncc(-c2cccc(N(C)c3nc4nncn4c4cc(Cl)ccc34)c2)c1. The molecular weight excluding hydrogens is 384 g/mol. The fourth-order valence-electron chi connectivity index (χ4n) is 3.51. The molecule has 0 radical (unpaired) electrons.